The van der Waals surface area contributed by atoms with Crippen molar-refractivity contribution >= 4 is 29.9 Å². The van der Waals surface area contributed by atoms with Crippen molar-refractivity contribution in [3.63, 3.8) is 0 Å². The second-order valence-electron chi connectivity index (χ2n) is 5.79. The molecule has 0 heterocycles. The largest absolute Gasteiger partial charge is 0.379 e. The Balaban J connectivity index is 0.00000264. The lowest BCUT2D eigenvalue weighted by molar-refractivity contribution is 0.115. The number of guanidine groups is 1. The zero-order chi connectivity index (χ0) is 15.8. The standard InChI is InChI=1S/C17H26FN3O.HI/c1-19-17(21(2)11-12-22-13-15-3-4-15)20-10-9-14-5-7-16(18)8-6-14;/h5-8,15H,3-4,9-13H2,1-2H3,(H,19,20);1H. The van der Waals surface area contributed by atoms with E-state index in [1.165, 1.54) is 25.0 Å². The van der Waals surface area contributed by atoms with Crippen molar-refractivity contribution in [1.29, 1.82) is 0 Å². The van der Waals surface area contributed by atoms with Gasteiger partial charge in [0.2, 0.25) is 0 Å². The lowest BCUT2D eigenvalue weighted by atomic mass is 10.1. The zero-order valence-corrected chi connectivity index (χ0v) is 16.3. The van der Waals surface area contributed by atoms with Crippen LogP contribution in [0, 0.1) is 11.7 Å². The highest BCUT2D eigenvalue weighted by molar-refractivity contribution is 14.0. The summed E-state index contributed by atoms with van der Waals surface area (Å²) < 4.78 is 18.5. The predicted molar refractivity (Wildman–Crippen MR) is 103 cm³/mol. The molecule has 0 amide bonds. The van der Waals surface area contributed by atoms with E-state index in [1.807, 2.05) is 19.2 Å². The third-order valence-electron chi connectivity index (χ3n) is 3.80. The summed E-state index contributed by atoms with van der Waals surface area (Å²) in [4.78, 5) is 6.34. The van der Waals surface area contributed by atoms with Gasteiger partial charge in [-0.25, -0.2) is 4.39 Å². The molecule has 2 rings (SSSR count). The Hall–Kier alpha value is -0.890. The van der Waals surface area contributed by atoms with Gasteiger partial charge in [0, 0.05) is 33.8 Å². The topological polar surface area (TPSA) is 36.9 Å². The molecule has 130 valence electrons. The van der Waals surface area contributed by atoms with Gasteiger partial charge < -0.3 is 15.0 Å². The molecular formula is C17H27FIN3O. The zero-order valence-electron chi connectivity index (χ0n) is 13.9. The second kappa shape index (κ2) is 10.8. The van der Waals surface area contributed by atoms with Gasteiger partial charge in [-0.1, -0.05) is 12.1 Å². The summed E-state index contributed by atoms with van der Waals surface area (Å²) in [5.41, 5.74) is 1.11. The monoisotopic (exact) mass is 435 g/mol. The summed E-state index contributed by atoms with van der Waals surface area (Å²) in [6, 6.07) is 6.62. The summed E-state index contributed by atoms with van der Waals surface area (Å²) >= 11 is 0. The molecule has 0 bridgehead atoms. The smallest absolute Gasteiger partial charge is 0.193 e. The van der Waals surface area contributed by atoms with Crippen LogP contribution in [0.1, 0.15) is 18.4 Å². The van der Waals surface area contributed by atoms with Gasteiger partial charge >= 0.3 is 0 Å². The number of benzene rings is 1. The Morgan fingerprint density at radius 1 is 1.35 bits per heavy atom. The van der Waals surface area contributed by atoms with Crippen molar-refractivity contribution in [2.75, 3.05) is 40.4 Å². The van der Waals surface area contributed by atoms with E-state index in [2.05, 4.69) is 15.2 Å². The number of nitrogens with zero attached hydrogens (tertiary/aromatic N) is 2. The maximum atomic E-state index is 12.8. The molecule has 0 unspecified atom stereocenters. The second-order valence-corrected chi connectivity index (χ2v) is 5.79. The molecule has 0 aliphatic heterocycles. The fraction of sp³-hybridized carbons (Fsp3) is 0.588. The number of aliphatic imine (C=N–C) groups is 1. The number of rotatable bonds is 8. The van der Waals surface area contributed by atoms with E-state index < -0.39 is 0 Å². The molecule has 1 saturated carbocycles. The van der Waals surface area contributed by atoms with Gasteiger partial charge in [-0.15, -0.1) is 24.0 Å². The van der Waals surface area contributed by atoms with E-state index in [-0.39, 0.29) is 29.8 Å². The third-order valence-corrected chi connectivity index (χ3v) is 3.80. The fourth-order valence-electron chi connectivity index (χ4n) is 2.20. The highest BCUT2D eigenvalue weighted by Gasteiger charge is 2.21. The first-order valence-electron chi connectivity index (χ1n) is 7.93. The maximum Gasteiger partial charge on any atom is 0.193 e. The first kappa shape index (κ1) is 20.2. The Kier molecular flexibility index (Phi) is 9.47. The maximum absolute atomic E-state index is 12.8. The minimum Gasteiger partial charge on any atom is -0.379 e. The lowest BCUT2D eigenvalue weighted by Gasteiger charge is -2.22. The van der Waals surface area contributed by atoms with E-state index in [9.17, 15) is 4.39 Å². The Bertz CT molecular complexity index is 477. The van der Waals surface area contributed by atoms with E-state index in [4.69, 9.17) is 4.74 Å². The normalized spacial score (nSPS) is 14.3. The highest BCUT2D eigenvalue weighted by Crippen LogP contribution is 2.28. The Morgan fingerprint density at radius 2 is 2.04 bits per heavy atom. The van der Waals surface area contributed by atoms with Crippen molar-refractivity contribution in [1.82, 2.24) is 10.2 Å². The summed E-state index contributed by atoms with van der Waals surface area (Å²) in [7, 11) is 3.79. The van der Waals surface area contributed by atoms with Crippen LogP contribution in [-0.4, -0.2) is 51.3 Å². The molecule has 1 N–H and O–H groups in total. The van der Waals surface area contributed by atoms with Crippen molar-refractivity contribution in [3.05, 3.63) is 35.6 Å². The molecule has 1 aliphatic carbocycles. The van der Waals surface area contributed by atoms with Crippen molar-refractivity contribution in [3.8, 4) is 0 Å². The molecule has 0 aromatic heterocycles. The fourth-order valence-corrected chi connectivity index (χ4v) is 2.20. The average molecular weight is 435 g/mol. The van der Waals surface area contributed by atoms with Gasteiger partial charge in [-0.2, -0.15) is 0 Å². The van der Waals surface area contributed by atoms with Crippen LogP contribution in [0.25, 0.3) is 0 Å². The van der Waals surface area contributed by atoms with Gasteiger partial charge in [-0.05, 0) is 42.9 Å². The molecule has 6 heteroatoms. The Labute approximate surface area is 155 Å². The SMILES string of the molecule is CN=C(NCCc1ccc(F)cc1)N(C)CCOCC1CC1.I. The number of ether oxygens (including phenoxy) is 1. The minimum absolute atomic E-state index is 0. The molecule has 0 atom stereocenters. The molecule has 0 spiro atoms. The lowest BCUT2D eigenvalue weighted by Crippen LogP contribution is -2.41. The molecule has 1 aliphatic rings. The van der Waals surface area contributed by atoms with Crippen LogP contribution >= 0.6 is 24.0 Å². The molecule has 4 nitrogen and oxygen atoms in total. The summed E-state index contributed by atoms with van der Waals surface area (Å²) in [5, 5.41) is 3.32. The van der Waals surface area contributed by atoms with E-state index >= 15 is 0 Å². The highest BCUT2D eigenvalue weighted by atomic mass is 127. The van der Waals surface area contributed by atoms with Gasteiger partial charge in [0.05, 0.1) is 6.61 Å². The van der Waals surface area contributed by atoms with E-state index in [1.54, 1.807) is 7.05 Å². The number of halogens is 2. The quantitative estimate of drug-likeness (QED) is 0.295. The Morgan fingerprint density at radius 3 is 2.65 bits per heavy atom. The number of likely N-dealkylation sites (N-methyl/N-ethyl adjacent to an activating group) is 1. The van der Waals surface area contributed by atoms with Gasteiger partial charge in [-0.3, -0.25) is 4.99 Å². The third kappa shape index (κ3) is 7.97. The van der Waals surface area contributed by atoms with Crippen LogP contribution < -0.4 is 5.32 Å². The minimum atomic E-state index is -0.196. The van der Waals surface area contributed by atoms with Crippen LogP contribution in [0.2, 0.25) is 0 Å². The molecule has 1 fully saturated rings. The summed E-state index contributed by atoms with van der Waals surface area (Å²) in [6.45, 7) is 3.21. The predicted octanol–water partition coefficient (Wildman–Crippen LogP) is 2.92. The van der Waals surface area contributed by atoms with Crippen molar-refractivity contribution in [2.45, 2.75) is 19.3 Å². The van der Waals surface area contributed by atoms with Crippen LogP contribution in [0.4, 0.5) is 4.39 Å². The number of hydrogen-bond donors (Lipinski definition) is 1. The van der Waals surface area contributed by atoms with Crippen molar-refractivity contribution in [2.24, 2.45) is 10.9 Å². The van der Waals surface area contributed by atoms with Crippen molar-refractivity contribution < 1.29 is 9.13 Å². The van der Waals surface area contributed by atoms with Crippen LogP contribution in [0.5, 0.6) is 0 Å². The molecule has 1 aromatic carbocycles. The molecular weight excluding hydrogens is 408 g/mol. The van der Waals surface area contributed by atoms with E-state index in [0.717, 1.165) is 50.2 Å². The van der Waals surface area contributed by atoms with Gasteiger partial charge in [0.25, 0.3) is 0 Å². The first-order valence-corrected chi connectivity index (χ1v) is 7.93. The average Bonchev–Trinajstić information content (AvgIpc) is 3.34. The molecule has 0 radical (unpaired) electrons. The van der Waals surface area contributed by atoms with E-state index in [0.29, 0.717) is 0 Å². The summed E-state index contributed by atoms with van der Waals surface area (Å²) in [5.74, 6) is 1.47. The first-order chi connectivity index (χ1) is 10.7. The molecule has 0 saturated heterocycles. The van der Waals surface area contributed by atoms with Crippen LogP contribution in [0.15, 0.2) is 29.3 Å². The number of nitrogens with one attached hydrogen (secondary N) is 1. The molecule has 1 aromatic rings. The summed E-state index contributed by atoms with van der Waals surface area (Å²) in [6.07, 6.45) is 3.48. The van der Waals surface area contributed by atoms with Crippen LogP contribution in [-0.2, 0) is 11.2 Å². The van der Waals surface area contributed by atoms with Crippen LogP contribution in [0.3, 0.4) is 0 Å². The van der Waals surface area contributed by atoms with Gasteiger partial charge in [0.15, 0.2) is 5.96 Å². The number of hydrogen-bond acceptors (Lipinski definition) is 2. The van der Waals surface area contributed by atoms with Gasteiger partial charge in [0.1, 0.15) is 5.82 Å². The molecule has 23 heavy (non-hydrogen) atoms.